The van der Waals surface area contributed by atoms with E-state index in [4.69, 9.17) is 11.6 Å². The number of carbonyl (C=O) groups is 1. The minimum atomic E-state index is -0.150. The van der Waals surface area contributed by atoms with Crippen LogP contribution in [0.15, 0.2) is 11.1 Å². The molecule has 0 radical (unpaired) electrons. The Balaban J connectivity index is 3.57. The summed E-state index contributed by atoms with van der Waals surface area (Å²) in [5.41, 5.74) is 2.46. The van der Waals surface area contributed by atoms with E-state index in [0.29, 0.717) is 13.0 Å². The predicted molar refractivity (Wildman–Crippen MR) is 65.0 cm³/mol. The highest BCUT2D eigenvalue weighted by Gasteiger charge is 2.12. The lowest BCUT2D eigenvalue weighted by Crippen LogP contribution is -2.41. The second kappa shape index (κ2) is 6.85. The van der Waals surface area contributed by atoms with Crippen LogP contribution in [-0.4, -0.2) is 24.5 Å². The highest BCUT2D eigenvalue weighted by Crippen LogP contribution is 1.98. The molecule has 15 heavy (non-hydrogen) atoms. The molecule has 0 aliphatic carbocycles. The quantitative estimate of drug-likeness (QED) is 0.713. The van der Waals surface area contributed by atoms with Gasteiger partial charge in [-0.25, -0.2) is 0 Å². The molecule has 0 aromatic carbocycles. The van der Waals surface area contributed by atoms with Crippen LogP contribution >= 0.6 is 11.6 Å². The first-order valence-electron chi connectivity index (χ1n) is 5.13. The van der Waals surface area contributed by atoms with Gasteiger partial charge >= 0.3 is 0 Å². The molecule has 0 unspecified atom stereocenters. The van der Waals surface area contributed by atoms with Gasteiger partial charge in [-0.1, -0.05) is 11.6 Å². The molecule has 0 aromatic heterocycles. The summed E-state index contributed by atoms with van der Waals surface area (Å²) in [6, 6.07) is 0. The third-order valence-electron chi connectivity index (χ3n) is 1.63. The fourth-order valence-corrected chi connectivity index (χ4v) is 1.08. The van der Waals surface area contributed by atoms with E-state index in [9.17, 15) is 4.79 Å². The van der Waals surface area contributed by atoms with Gasteiger partial charge < -0.3 is 10.6 Å². The second-order valence-corrected chi connectivity index (χ2v) is 4.90. The minimum Gasteiger partial charge on any atom is -0.351 e. The zero-order valence-electron chi connectivity index (χ0n) is 9.98. The first kappa shape index (κ1) is 14.5. The van der Waals surface area contributed by atoms with Crippen LogP contribution in [0.25, 0.3) is 0 Å². The Morgan fingerprint density at radius 3 is 2.47 bits per heavy atom. The van der Waals surface area contributed by atoms with Gasteiger partial charge in [-0.2, -0.15) is 0 Å². The number of hydrogen-bond acceptors (Lipinski definition) is 2. The van der Waals surface area contributed by atoms with Gasteiger partial charge in [0.2, 0.25) is 5.91 Å². The maximum atomic E-state index is 11.4. The van der Waals surface area contributed by atoms with Crippen molar-refractivity contribution < 1.29 is 4.79 Å². The number of amides is 1. The van der Waals surface area contributed by atoms with Gasteiger partial charge in [0, 0.05) is 30.6 Å². The van der Waals surface area contributed by atoms with E-state index in [1.54, 1.807) is 5.54 Å². The molecule has 0 spiro atoms. The van der Waals surface area contributed by atoms with E-state index in [1.165, 1.54) is 0 Å². The molecule has 0 aliphatic heterocycles. The lowest BCUT2D eigenvalue weighted by atomic mass is 10.1. The third-order valence-corrected chi connectivity index (χ3v) is 2.01. The molecule has 0 heterocycles. The third kappa shape index (κ3) is 9.76. The number of carbonyl (C=O) groups excluding carboxylic acids is 1. The zero-order valence-corrected chi connectivity index (χ0v) is 10.7. The van der Waals surface area contributed by atoms with Crippen molar-refractivity contribution in [1.82, 2.24) is 10.6 Å². The number of hydrogen-bond donors (Lipinski definition) is 2. The van der Waals surface area contributed by atoms with E-state index in [2.05, 4.69) is 10.6 Å². The van der Waals surface area contributed by atoms with E-state index < -0.39 is 0 Å². The van der Waals surface area contributed by atoms with E-state index >= 15 is 0 Å². The van der Waals surface area contributed by atoms with Crippen LogP contribution in [0.4, 0.5) is 0 Å². The van der Waals surface area contributed by atoms with Gasteiger partial charge in [-0.05, 0) is 33.3 Å². The summed E-state index contributed by atoms with van der Waals surface area (Å²) >= 11 is 5.50. The van der Waals surface area contributed by atoms with Crippen molar-refractivity contribution in [3.8, 4) is 0 Å². The molecule has 0 saturated carbocycles. The van der Waals surface area contributed by atoms with Gasteiger partial charge in [0.15, 0.2) is 0 Å². The molecule has 0 bridgehead atoms. The molecule has 3 nitrogen and oxygen atoms in total. The zero-order chi connectivity index (χ0) is 11.9. The second-order valence-electron chi connectivity index (χ2n) is 4.68. The lowest BCUT2D eigenvalue weighted by Gasteiger charge is -2.20. The molecule has 88 valence electrons. The summed E-state index contributed by atoms with van der Waals surface area (Å²) in [4.78, 5) is 11.4. The average Bonchev–Trinajstić information content (AvgIpc) is 2.09. The molecular formula is C11H21ClN2O. The Morgan fingerprint density at radius 1 is 1.40 bits per heavy atom. The largest absolute Gasteiger partial charge is 0.351 e. The summed E-state index contributed by atoms with van der Waals surface area (Å²) < 4.78 is 0. The summed E-state index contributed by atoms with van der Waals surface area (Å²) in [6.45, 7) is 9.25. The van der Waals surface area contributed by atoms with Gasteiger partial charge in [0.1, 0.15) is 0 Å². The van der Waals surface area contributed by atoms with Crippen LogP contribution in [0.1, 0.15) is 34.1 Å². The predicted octanol–water partition coefficient (Wildman–Crippen LogP) is 2.02. The maximum absolute atomic E-state index is 11.4. The summed E-state index contributed by atoms with van der Waals surface area (Å²) in [6.07, 6.45) is 0.493. The molecule has 0 aromatic rings. The van der Waals surface area contributed by atoms with E-state index in [-0.39, 0.29) is 11.4 Å². The van der Waals surface area contributed by atoms with Crippen LogP contribution in [0.2, 0.25) is 0 Å². The highest BCUT2D eigenvalue weighted by molar-refractivity contribution is 6.25. The number of halogens is 1. The Labute approximate surface area is 97.3 Å². The molecule has 2 N–H and O–H groups in total. The van der Waals surface area contributed by atoms with Crippen LogP contribution in [-0.2, 0) is 4.79 Å². The van der Waals surface area contributed by atoms with Crippen LogP contribution < -0.4 is 10.6 Å². The molecule has 0 fully saturated rings. The van der Waals surface area contributed by atoms with E-state index in [0.717, 1.165) is 12.1 Å². The van der Waals surface area contributed by atoms with Crippen molar-refractivity contribution in [1.29, 1.82) is 0 Å². The molecular weight excluding hydrogens is 212 g/mol. The fraction of sp³-hybridized carbons (Fsp3) is 0.727. The Bertz CT molecular complexity index is 231. The van der Waals surface area contributed by atoms with Crippen LogP contribution in [0.3, 0.4) is 0 Å². The van der Waals surface area contributed by atoms with Crippen molar-refractivity contribution in [3.05, 3.63) is 11.1 Å². The van der Waals surface area contributed by atoms with Gasteiger partial charge in [0.05, 0.1) is 0 Å². The molecule has 1 amide bonds. The highest BCUT2D eigenvalue weighted by atomic mass is 35.5. The molecule has 0 atom stereocenters. The molecule has 0 rings (SSSR count). The average molecular weight is 233 g/mol. The summed E-state index contributed by atoms with van der Waals surface area (Å²) in [7, 11) is 0. The Hall–Kier alpha value is -0.540. The normalized spacial score (nSPS) is 12.7. The molecule has 0 aliphatic rings. The summed E-state index contributed by atoms with van der Waals surface area (Å²) in [5, 5.41) is 6.04. The monoisotopic (exact) mass is 232 g/mol. The van der Waals surface area contributed by atoms with Crippen molar-refractivity contribution >= 4 is 17.5 Å². The number of rotatable bonds is 5. The summed E-state index contributed by atoms with van der Waals surface area (Å²) in [5.74, 6) is 0.0718. The number of nitrogens with one attached hydrogen (secondary N) is 2. The Morgan fingerprint density at radius 2 is 2.00 bits per heavy atom. The first-order chi connectivity index (χ1) is 6.85. The van der Waals surface area contributed by atoms with Crippen molar-refractivity contribution in [2.24, 2.45) is 0 Å². The van der Waals surface area contributed by atoms with Gasteiger partial charge in [-0.15, -0.1) is 0 Å². The van der Waals surface area contributed by atoms with Crippen LogP contribution in [0, 0.1) is 0 Å². The van der Waals surface area contributed by atoms with Gasteiger partial charge in [-0.3, -0.25) is 4.79 Å². The fourth-order valence-electron chi connectivity index (χ4n) is 1.01. The van der Waals surface area contributed by atoms with E-state index in [1.807, 2.05) is 27.7 Å². The minimum absolute atomic E-state index is 0.0718. The smallest absolute Gasteiger partial charge is 0.221 e. The first-order valence-corrected chi connectivity index (χ1v) is 5.56. The maximum Gasteiger partial charge on any atom is 0.221 e. The van der Waals surface area contributed by atoms with Crippen molar-refractivity contribution in [2.75, 3.05) is 13.1 Å². The molecule has 0 saturated heterocycles. The van der Waals surface area contributed by atoms with Crippen molar-refractivity contribution in [2.45, 2.75) is 39.7 Å². The van der Waals surface area contributed by atoms with Crippen LogP contribution in [0.5, 0.6) is 0 Å². The Kier molecular flexibility index (Phi) is 6.61. The lowest BCUT2D eigenvalue weighted by molar-refractivity contribution is -0.122. The molecule has 4 heteroatoms. The van der Waals surface area contributed by atoms with Crippen molar-refractivity contribution in [3.63, 3.8) is 0 Å². The topological polar surface area (TPSA) is 41.1 Å². The van der Waals surface area contributed by atoms with Gasteiger partial charge in [0.25, 0.3) is 0 Å². The standard InChI is InChI=1S/C11H21ClN2O/c1-9(7-12)8-13-6-5-10(15)14-11(2,3)4/h7,13H,5-6,8H2,1-4H3,(H,14,15). The SMILES string of the molecule is CC(=CCl)CNCCC(=O)NC(C)(C)C.